The van der Waals surface area contributed by atoms with Gasteiger partial charge in [0.15, 0.2) is 6.29 Å². The standard InChI is InChI=1S/C15H13FN2O4/c16-9-3-1-2-8-6-18(14(13(8)9)11(20)7-19)10-4-5-12(21)17-15(10)22/h1-3,7,10,14H,4-6H2,(H,17,21,22). The fourth-order valence-electron chi connectivity index (χ4n) is 3.14. The number of hydrogen-bond donors (Lipinski definition) is 1. The summed E-state index contributed by atoms with van der Waals surface area (Å²) >= 11 is 0. The Hall–Kier alpha value is -2.41. The van der Waals surface area contributed by atoms with Gasteiger partial charge >= 0.3 is 0 Å². The highest BCUT2D eigenvalue weighted by Crippen LogP contribution is 2.38. The number of piperidine rings is 1. The minimum Gasteiger partial charge on any atom is -0.295 e. The van der Waals surface area contributed by atoms with Crippen molar-refractivity contribution in [2.45, 2.75) is 31.5 Å². The van der Waals surface area contributed by atoms with Crippen molar-refractivity contribution in [2.24, 2.45) is 0 Å². The zero-order chi connectivity index (χ0) is 15.9. The van der Waals surface area contributed by atoms with Crippen LogP contribution in [0.1, 0.15) is 30.0 Å². The van der Waals surface area contributed by atoms with Crippen LogP contribution in [0.25, 0.3) is 0 Å². The lowest BCUT2D eigenvalue weighted by Gasteiger charge is -2.32. The molecule has 0 saturated carbocycles. The summed E-state index contributed by atoms with van der Waals surface area (Å²) in [4.78, 5) is 47.7. The molecule has 3 rings (SSSR count). The molecule has 0 spiro atoms. The lowest BCUT2D eigenvalue weighted by Crippen LogP contribution is -2.52. The zero-order valence-electron chi connectivity index (χ0n) is 11.5. The Morgan fingerprint density at radius 1 is 1.36 bits per heavy atom. The molecule has 0 radical (unpaired) electrons. The van der Waals surface area contributed by atoms with Gasteiger partial charge in [0.25, 0.3) is 0 Å². The molecule has 1 aromatic rings. The molecule has 2 atom stereocenters. The molecule has 1 N–H and O–H groups in total. The molecule has 1 aromatic carbocycles. The van der Waals surface area contributed by atoms with Crippen molar-refractivity contribution in [2.75, 3.05) is 0 Å². The SMILES string of the molecule is O=CC(=O)C1c2c(F)cccc2CN1C1CCC(=O)NC1=O. The second-order valence-electron chi connectivity index (χ2n) is 5.37. The first-order valence-corrected chi connectivity index (χ1v) is 6.88. The molecule has 22 heavy (non-hydrogen) atoms. The van der Waals surface area contributed by atoms with Gasteiger partial charge in [0.05, 0.1) is 6.04 Å². The van der Waals surface area contributed by atoms with Crippen LogP contribution >= 0.6 is 0 Å². The number of carbonyl (C=O) groups excluding carboxylic acids is 4. The topological polar surface area (TPSA) is 83.6 Å². The number of aldehydes is 1. The Balaban J connectivity index is 2.00. The molecule has 2 aliphatic heterocycles. The number of hydrogen-bond acceptors (Lipinski definition) is 5. The van der Waals surface area contributed by atoms with Crippen LogP contribution in [-0.4, -0.2) is 34.8 Å². The average molecular weight is 304 g/mol. The van der Waals surface area contributed by atoms with E-state index < -0.39 is 29.6 Å². The van der Waals surface area contributed by atoms with Crippen LogP contribution in [0.2, 0.25) is 0 Å². The number of ketones is 1. The lowest BCUT2D eigenvalue weighted by molar-refractivity contribution is -0.141. The van der Waals surface area contributed by atoms with Gasteiger partial charge in [0.1, 0.15) is 11.9 Å². The maximum absolute atomic E-state index is 14.1. The van der Waals surface area contributed by atoms with Crippen LogP contribution in [0.3, 0.4) is 0 Å². The third kappa shape index (κ3) is 2.23. The normalized spacial score (nSPS) is 24.8. The van der Waals surface area contributed by atoms with Crippen molar-refractivity contribution in [3.8, 4) is 0 Å². The minimum absolute atomic E-state index is 0.143. The maximum atomic E-state index is 14.1. The number of imide groups is 1. The molecule has 6 nitrogen and oxygen atoms in total. The number of amides is 2. The van der Waals surface area contributed by atoms with E-state index in [4.69, 9.17) is 0 Å². The highest BCUT2D eigenvalue weighted by atomic mass is 19.1. The van der Waals surface area contributed by atoms with E-state index in [2.05, 4.69) is 5.32 Å². The van der Waals surface area contributed by atoms with E-state index in [1.807, 2.05) is 0 Å². The van der Waals surface area contributed by atoms with E-state index in [-0.39, 0.29) is 37.1 Å². The van der Waals surface area contributed by atoms with Gasteiger partial charge in [-0.3, -0.25) is 29.4 Å². The van der Waals surface area contributed by atoms with Gasteiger partial charge in [-0.15, -0.1) is 0 Å². The summed E-state index contributed by atoms with van der Waals surface area (Å²) in [6.07, 6.45) is 0.529. The predicted octanol–water partition coefficient (Wildman–Crippen LogP) is 0.256. The average Bonchev–Trinajstić information content (AvgIpc) is 2.87. The number of rotatable bonds is 3. The number of halogens is 1. The van der Waals surface area contributed by atoms with Crippen LogP contribution in [0.15, 0.2) is 18.2 Å². The maximum Gasteiger partial charge on any atom is 0.243 e. The summed E-state index contributed by atoms with van der Waals surface area (Å²) in [5.41, 5.74) is 0.717. The Morgan fingerprint density at radius 2 is 2.14 bits per heavy atom. The van der Waals surface area contributed by atoms with Crippen LogP contribution in [0.4, 0.5) is 4.39 Å². The second-order valence-corrected chi connectivity index (χ2v) is 5.37. The van der Waals surface area contributed by atoms with Gasteiger partial charge in [0.2, 0.25) is 17.6 Å². The summed E-state index contributed by atoms with van der Waals surface area (Å²) in [5.74, 6) is -2.27. The Labute approximate surface area is 125 Å². The van der Waals surface area contributed by atoms with E-state index in [0.29, 0.717) is 5.56 Å². The summed E-state index contributed by atoms with van der Waals surface area (Å²) in [6.45, 7) is 0.184. The molecule has 0 bridgehead atoms. The molecule has 2 unspecified atom stereocenters. The number of carbonyl (C=O) groups is 4. The molecule has 1 saturated heterocycles. The predicted molar refractivity (Wildman–Crippen MR) is 71.9 cm³/mol. The fraction of sp³-hybridized carbons (Fsp3) is 0.333. The first-order chi connectivity index (χ1) is 10.5. The van der Waals surface area contributed by atoms with Crippen LogP contribution in [-0.2, 0) is 25.7 Å². The molecule has 114 valence electrons. The van der Waals surface area contributed by atoms with Crippen molar-refractivity contribution < 1.29 is 23.6 Å². The van der Waals surface area contributed by atoms with Crippen molar-refractivity contribution in [1.82, 2.24) is 10.2 Å². The number of Topliss-reactive ketones (excluding diaryl/α,β-unsaturated/α-hetero) is 1. The number of nitrogens with one attached hydrogen (secondary N) is 1. The Bertz CT molecular complexity index is 688. The molecule has 0 aliphatic carbocycles. The van der Waals surface area contributed by atoms with E-state index in [0.717, 1.165) is 0 Å². The van der Waals surface area contributed by atoms with Crippen molar-refractivity contribution in [3.05, 3.63) is 35.1 Å². The zero-order valence-corrected chi connectivity index (χ0v) is 11.5. The van der Waals surface area contributed by atoms with Crippen LogP contribution in [0, 0.1) is 5.82 Å². The van der Waals surface area contributed by atoms with Crippen LogP contribution < -0.4 is 5.32 Å². The number of nitrogens with zero attached hydrogens (tertiary/aromatic N) is 1. The molecule has 1 fully saturated rings. The van der Waals surface area contributed by atoms with Gasteiger partial charge < -0.3 is 0 Å². The molecular formula is C15H13FN2O4. The van der Waals surface area contributed by atoms with E-state index in [9.17, 15) is 23.6 Å². The number of fused-ring (bicyclic) bond motifs is 1. The summed E-state index contributed by atoms with van der Waals surface area (Å²) in [5, 5.41) is 2.21. The minimum atomic E-state index is -1.11. The van der Waals surface area contributed by atoms with Crippen molar-refractivity contribution >= 4 is 23.9 Å². The van der Waals surface area contributed by atoms with E-state index in [1.165, 1.54) is 17.0 Å². The molecular weight excluding hydrogens is 291 g/mol. The van der Waals surface area contributed by atoms with Crippen molar-refractivity contribution in [1.29, 1.82) is 0 Å². The van der Waals surface area contributed by atoms with Gasteiger partial charge in [-0.05, 0) is 18.1 Å². The van der Waals surface area contributed by atoms with E-state index in [1.54, 1.807) is 6.07 Å². The highest BCUT2D eigenvalue weighted by molar-refractivity contribution is 6.27. The molecule has 0 aromatic heterocycles. The molecule has 2 amide bonds. The highest BCUT2D eigenvalue weighted by Gasteiger charge is 2.44. The van der Waals surface area contributed by atoms with Gasteiger partial charge in [-0.1, -0.05) is 12.1 Å². The first-order valence-electron chi connectivity index (χ1n) is 6.88. The molecule has 7 heteroatoms. The smallest absolute Gasteiger partial charge is 0.243 e. The third-order valence-electron chi connectivity index (χ3n) is 4.10. The molecule has 2 heterocycles. The monoisotopic (exact) mass is 304 g/mol. The third-order valence-corrected chi connectivity index (χ3v) is 4.10. The van der Waals surface area contributed by atoms with Gasteiger partial charge in [0, 0.05) is 18.5 Å². The summed E-state index contributed by atoms with van der Waals surface area (Å²) < 4.78 is 14.1. The molecule has 2 aliphatic rings. The quantitative estimate of drug-likeness (QED) is 0.492. The summed E-state index contributed by atoms with van der Waals surface area (Å²) in [7, 11) is 0. The van der Waals surface area contributed by atoms with Gasteiger partial charge in [-0.25, -0.2) is 4.39 Å². The summed E-state index contributed by atoms with van der Waals surface area (Å²) in [6, 6.07) is 2.55. The van der Waals surface area contributed by atoms with Crippen LogP contribution in [0.5, 0.6) is 0 Å². The Morgan fingerprint density at radius 3 is 2.82 bits per heavy atom. The lowest BCUT2D eigenvalue weighted by atomic mass is 9.98. The number of benzene rings is 1. The van der Waals surface area contributed by atoms with Crippen molar-refractivity contribution in [3.63, 3.8) is 0 Å². The second kappa shape index (κ2) is 5.42. The van der Waals surface area contributed by atoms with E-state index >= 15 is 0 Å². The fourth-order valence-corrected chi connectivity index (χ4v) is 3.14. The Kier molecular flexibility index (Phi) is 3.58. The first kappa shape index (κ1) is 14.5. The largest absolute Gasteiger partial charge is 0.295 e. The van der Waals surface area contributed by atoms with Gasteiger partial charge in [-0.2, -0.15) is 0 Å².